The van der Waals surface area contributed by atoms with Gasteiger partial charge in [-0.1, -0.05) is 11.6 Å². The SMILES string of the molecule is S=c1[nH]nc(-c2ccc(Cl)cc2)n1C[C@H]1CCCO1. The van der Waals surface area contributed by atoms with Crippen molar-refractivity contribution in [3.63, 3.8) is 0 Å². The van der Waals surface area contributed by atoms with Gasteiger partial charge in [0.1, 0.15) is 0 Å². The zero-order valence-corrected chi connectivity index (χ0v) is 11.9. The number of hydrogen-bond donors (Lipinski definition) is 1. The largest absolute Gasteiger partial charge is 0.376 e. The number of nitrogens with one attached hydrogen (secondary N) is 1. The van der Waals surface area contributed by atoms with E-state index in [1.165, 1.54) is 0 Å². The smallest absolute Gasteiger partial charge is 0.195 e. The number of halogens is 1. The van der Waals surface area contributed by atoms with E-state index in [0.717, 1.165) is 37.4 Å². The first kappa shape index (κ1) is 12.8. The first-order chi connectivity index (χ1) is 9.24. The summed E-state index contributed by atoms with van der Waals surface area (Å²) in [4.78, 5) is 0. The molecule has 0 amide bonds. The van der Waals surface area contributed by atoms with Crippen LogP contribution in [0.4, 0.5) is 0 Å². The fourth-order valence-electron chi connectivity index (χ4n) is 2.30. The molecule has 3 rings (SSSR count). The molecule has 1 aromatic heterocycles. The summed E-state index contributed by atoms with van der Waals surface area (Å²) >= 11 is 11.2. The van der Waals surface area contributed by atoms with E-state index in [1.807, 2.05) is 28.8 Å². The average molecular weight is 296 g/mol. The number of rotatable bonds is 3. The number of hydrogen-bond acceptors (Lipinski definition) is 3. The van der Waals surface area contributed by atoms with Crippen LogP contribution in [0.25, 0.3) is 11.4 Å². The highest BCUT2D eigenvalue weighted by Gasteiger charge is 2.19. The van der Waals surface area contributed by atoms with E-state index in [2.05, 4.69) is 10.2 Å². The minimum Gasteiger partial charge on any atom is -0.376 e. The van der Waals surface area contributed by atoms with Crippen molar-refractivity contribution in [2.45, 2.75) is 25.5 Å². The van der Waals surface area contributed by atoms with Crippen molar-refractivity contribution in [2.24, 2.45) is 0 Å². The summed E-state index contributed by atoms with van der Waals surface area (Å²) in [5, 5.41) is 7.87. The van der Waals surface area contributed by atoms with Gasteiger partial charge in [0.15, 0.2) is 10.6 Å². The number of benzene rings is 1. The molecule has 0 saturated carbocycles. The number of aromatic amines is 1. The van der Waals surface area contributed by atoms with E-state index in [0.29, 0.717) is 9.79 Å². The van der Waals surface area contributed by atoms with Gasteiger partial charge in [0.25, 0.3) is 0 Å². The van der Waals surface area contributed by atoms with Crippen LogP contribution in [-0.2, 0) is 11.3 Å². The van der Waals surface area contributed by atoms with Crippen LogP contribution in [-0.4, -0.2) is 27.5 Å². The lowest BCUT2D eigenvalue weighted by Crippen LogP contribution is -2.15. The molecule has 0 bridgehead atoms. The van der Waals surface area contributed by atoms with Gasteiger partial charge in [-0.25, -0.2) is 0 Å². The lowest BCUT2D eigenvalue weighted by atomic mass is 10.2. The predicted molar refractivity (Wildman–Crippen MR) is 76.8 cm³/mol. The third-order valence-corrected chi connectivity index (χ3v) is 3.83. The Morgan fingerprint density at radius 3 is 2.89 bits per heavy atom. The van der Waals surface area contributed by atoms with Crippen LogP contribution in [0.5, 0.6) is 0 Å². The van der Waals surface area contributed by atoms with Crippen LogP contribution in [0, 0.1) is 4.77 Å². The maximum absolute atomic E-state index is 5.91. The summed E-state index contributed by atoms with van der Waals surface area (Å²) < 4.78 is 8.28. The molecule has 1 N–H and O–H groups in total. The molecular weight excluding hydrogens is 282 g/mol. The normalized spacial score (nSPS) is 18.9. The molecule has 1 atom stereocenters. The Hall–Kier alpha value is -1.17. The van der Waals surface area contributed by atoms with Gasteiger partial charge < -0.3 is 4.74 Å². The van der Waals surface area contributed by atoms with Crippen LogP contribution >= 0.6 is 23.8 Å². The fraction of sp³-hybridized carbons (Fsp3) is 0.385. The molecule has 0 unspecified atom stereocenters. The second-order valence-electron chi connectivity index (χ2n) is 4.60. The molecule has 4 nitrogen and oxygen atoms in total. The van der Waals surface area contributed by atoms with Crippen molar-refractivity contribution < 1.29 is 4.74 Å². The summed E-state index contributed by atoms with van der Waals surface area (Å²) in [6.07, 6.45) is 2.43. The highest BCUT2D eigenvalue weighted by atomic mass is 35.5. The number of aromatic nitrogens is 3. The van der Waals surface area contributed by atoms with Gasteiger partial charge in [-0.3, -0.25) is 9.67 Å². The zero-order chi connectivity index (χ0) is 13.2. The lowest BCUT2D eigenvalue weighted by Gasteiger charge is -2.12. The molecule has 1 aliphatic rings. The third-order valence-electron chi connectivity index (χ3n) is 3.27. The minimum atomic E-state index is 0.232. The molecule has 2 heterocycles. The Bertz CT molecular complexity index is 614. The van der Waals surface area contributed by atoms with Gasteiger partial charge in [0.2, 0.25) is 0 Å². The number of H-pyrrole nitrogens is 1. The molecule has 6 heteroatoms. The van der Waals surface area contributed by atoms with Gasteiger partial charge in [-0.2, -0.15) is 5.10 Å². The monoisotopic (exact) mass is 295 g/mol. The quantitative estimate of drug-likeness (QED) is 0.882. The van der Waals surface area contributed by atoms with E-state index in [4.69, 9.17) is 28.6 Å². The van der Waals surface area contributed by atoms with Crippen molar-refractivity contribution in [1.82, 2.24) is 14.8 Å². The molecular formula is C13H14ClN3OS. The minimum absolute atomic E-state index is 0.232. The molecule has 0 aliphatic carbocycles. The van der Waals surface area contributed by atoms with E-state index in [1.54, 1.807) is 0 Å². The van der Waals surface area contributed by atoms with Crippen LogP contribution in [0.3, 0.4) is 0 Å². The maximum atomic E-state index is 5.91. The molecule has 0 radical (unpaired) electrons. The predicted octanol–water partition coefficient (Wildman–Crippen LogP) is 3.44. The Morgan fingerprint density at radius 2 is 2.21 bits per heavy atom. The second kappa shape index (κ2) is 5.45. The van der Waals surface area contributed by atoms with Crippen molar-refractivity contribution >= 4 is 23.8 Å². The number of ether oxygens (including phenoxy) is 1. The van der Waals surface area contributed by atoms with Gasteiger partial charge in [-0.05, 0) is 49.3 Å². The van der Waals surface area contributed by atoms with E-state index >= 15 is 0 Å². The number of nitrogens with zero attached hydrogens (tertiary/aromatic N) is 2. The maximum Gasteiger partial charge on any atom is 0.195 e. The van der Waals surface area contributed by atoms with E-state index in [-0.39, 0.29) is 6.10 Å². The Kier molecular flexibility index (Phi) is 3.68. The zero-order valence-electron chi connectivity index (χ0n) is 10.3. The van der Waals surface area contributed by atoms with Gasteiger partial charge in [-0.15, -0.1) is 0 Å². The molecule has 2 aromatic rings. The summed E-state index contributed by atoms with van der Waals surface area (Å²) in [6.45, 7) is 1.58. The highest BCUT2D eigenvalue weighted by Crippen LogP contribution is 2.22. The highest BCUT2D eigenvalue weighted by molar-refractivity contribution is 7.71. The average Bonchev–Trinajstić information content (AvgIpc) is 3.03. The molecule has 1 fully saturated rings. The molecule has 1 aliphatic heterocycles. The fourth-order valence-corrected chi connectivity index (χ4v) is 2.63. The summed E-state index contributed by atoms with van der Waals surface area (Å²) in [5.41, 5.74) is 0.995. The summed E-state index contributed by atoms with van der Waals surface area (Å²) in [6, 6.07) is 7.59. The Balaban J connectivity index is 1.93. The first-order valence-corrected chi connectivity index (χ1v) is 7.05. The van der Waals surface area contributed by atoms with Gasteiger partial charge >= 0.3 is 0 Å². The van der Waals surface area contributed by atoms with Gasteiger partial charge in [0.05, 0.1) is 12.6 Å². The van der Waals surface area contributed by atoms with Gasteiger partial charge in [0, 0.05) is 17.2 Å². The molecule has 19 heavy (non-hydrogen) atoms. The van der Waals surface area contributed by atoms with Crippen LogP contribution in [0.2, 0.25) is 5.02 Å². The topological polar surface area (TPSA) is 42.8 Å². The molecule has 0 spiro atoms. The van der Waals surface area contributed by atoms with Crippen LogP contribution in [0.15, 0.2) is 24.3 Å². The Morgan fingerprint density at radius 1 is 1.42 bits per heavy atom. The molecule has 1 aromatic carbocycles. The van der Waals surface area contributed by atoms with Crippen molar-refractivity contribution in [3.05, 3.63) is 34.1 Å². The standard InChI is InChI=1S/C13H14ClN3OS/c14-10-5-3-9(4-6-10)12-15-16-13(19)17(12)8-11-2-1-7-18-11/h3-6,11H,1-2,7-8H2,(H,16,19)/t11-/m1/s1. The molecule has 1 saturated heterocycles. The van der Waals surface area contributed by atoms with Crippen molar-refractivity contribution in [1.29, 1.82) is 0 Å². The van der Waals surface area contributed by atoms with Crippen molar-refractivity contribution in [3.8, 4) is 11.4 Å². The lowest BCUT2D eigenvalue weighted by molar-refractivity contribution is 0.0970. The van der Waals surface area contributed by atoms with Crippen molar-refractivity contribution in [2.75, 3.05) is 6.61 Å². The van der Waals surface area contributed by atoms with E-state index in [9.17, 15) is 0 Å². The third kappa shape index (κ3) is 2.73. The van der Waals surface area contributed by atoms with Crippen LogP contribution in [0.1, 0.15) is 12.8 Å². The first-order valence-electron chi connectivity index (χ1n) is 6.27. The summed E-state index contributed by atoms with van der Waals surface area (Å²) in [7, 11) is 0. The molecule has 100 valence electrons. The van der Waals surface area contributed by atoms with Crippen LogP contribution < -0.4 is 0 Å². The summed E-state index contributed by atoms with van der Waals surface area (Å²) in [5.74, 6) is 0.831. The van der Waals surface area contributed by atoms with E-state index < -0.39 is 0 Å². The second-order valence-corrected chi connectivity index (χ2v) is 5.43. The Labute approximate surface area is 121 Å².